The van der Waals surface area contributed by atoms with Crippen molar-refractivity contribution in [3.8, 4) is 5.69 Å². The lowest BCUT2D eigenvalue weighted by atomic mass is 10.1. The van der Waals surface area contributed by atoms with Crippen LogP contribution in [-0.2, 0) is 0 Å². The second kappa shape index (κ2) is 6.88. The van der Waals surface area contributed by atoms with Crippen molar-refractivity contribution in [2.24, 2.45) is 5.73 Å². The monoisotopic (exact) mass is 352 g/mol. The van der Waals surface area contributed by atoms with E-state index < -0.39 is 0 Å². The van der Waals surface area contributed by atoms with E-state index in [2.05, 4.69) is 10.00 Å². The van der Waals surface area contributed by atoms with Crippen LogP contribution in [0.2, 0.25) is 0 Å². The van der Waals surface area contributed by atoms with Crippen molar-refractivity contribution in [1.29, 1.82) is 0 Å². The van der Waals surface area contributed by atoms with Gasteiger partial charge in [-0.05, 0) is 43.2 Å². The van der Waals surface area contributed by atoms with Gasteiger partial charge in [-0.1, -0.05) is 24.6 Å². The Balaban J connectivity index is 1.92. The first-order valence-corrected chi connectivity index (χ1v) is 8.92. The molecule has 6 heteroatoms. The Kier molecular flexibility index (Phi) is 4.42. The number of hydrogen-bond donors (Lipinski definition) is 1. The maximum atomic E-state index is 13.3. The smallest absolute Gasteiger partial charge is 0.279 e. The van der Waals surface area contributed by atoms with Crippen LogP contribution in [0.4, 0.5) is 10.2 Å². The van der Waals surface area contributed by atoms with Crippen molar-refractivity contribution in [3.05, 3.63) is 64.7 Å². The number of anilines is 1. The molecule has 1 aliphatic rings. The summed E-state index contributed by atoms with van der Waals surface area (Å²) in [5.74, 6) is 0.406. The van der Waals surface area contributed by atoms with E-state index in [4.69, 9.17) is 5.73 Å². The molecule has 5 nitrogen and oxygen atoms in total. The van der Waals surface area contributed by atoms with Crippen LogP contribution < -0.4 is 16.2 Å². The molecule has 1 saturated heterocycles. The van der Waals surface area contributed by atoms with Crippen LogP contribution in [0.25, 0.3) is 16.5 Å². The molecule has 0 unspecified atom stereocenters. The fourth-order valence-electron chi connectivity index (χ4n) is 3.53. The van der Waals surface area contributed by atoms with Gasteiger partial charge in [-0.15, -0.1) is 5.10 Å². The molecule has 2 N–H and O–H groups in total. The van der Waals surface area contributed by atoms with Gasteiger partial charge in [0, 0.05) is 24.5 Å². The molecule has 0 aliphatic carbocycles. The van der Waals surface area contributed by atoms with E-state index in [1.807, 2.05) is 18.2 Å². The quantitative estimate of drug-likeness (QED) is 0.770. The highest BCUT2D eigenvalue weighted by molar-refractivity contribution is 5.91. The van der Waals surface area contributed by atoms with Gasteiger partial charge in [0.1, 0.15) is 5.82 Å². The fourth-order valence-corrected chi connectivity index (χ4v) is 3.53. The second-order valence-corrected chi connectivity index (χ2v) is 6.76. The summed E-state index contributed by atoms with van der Waals surface area (Å²) >= 11 is 0. The van der Waals surface area contributed by atoms with E-state index in [0.717, 1.165) is 37.0 Å². The number of benzene rings is 2. The average Bonchev–Trinajstić information content (AvgIpc) is 2.88. The molecule has 134 valence electrons. The van der Waals surface area contributed by atoms with E-state index in [1.165, 1.54) is 16.8 Å². The summed E-state index contributed by atoms with van der Waals surface area (Å²) in [6.45, 7) is 1.56. The van der Waals surface area contributed by atoms with Crippen LogP contribution in [0.1, 0.15) is 19.3 Å². The number of rotatable bonds is 2. The van der Waals surface area contributed by atoms with E-state index in [-0.39, 0.29) is 17.4 Å². The van der Waals surface area contributed by atoms with Gasteiger partial charge in [0.25, 0.3) is 5.56 Å². The van der Waals surface area contributed by atoms with E-state index >= 15 is 0 Å². The third-order valence-corrected chi connectivity index (χ3v) is 4.86. The molecule has 0 amide bonds. The minimum Gasteiger partial charge on any atom is -0.353 e. The molecule has 1 fully saturated rings. The first-order valence-electron chi connectivity index (χ1n) is 8.92. The number of aromatic nitrogens is 2. The van der Waals surface area contributed by atoms with Crippen molar-refractivity contribution >= 4 is 16.6 Å². The molecule has 2 aromatic carbocycles. The SMILES string of the molecule is N[C@H]1CCCCN(c2nn(-c3ccc(F)cc3)c(=O)c3ccccc23)C1. The third-order valence-electron chi connectivity index (χ3n) is 4.86. The van der Waals surface area contributed by atoms with Gasteiger partial charge < -0.3 is 10.6 Å². The highest BCUT2D eigenvalue weighted by Gasteiger charge is 2.21. The van der Waals surface area contributed by atoms with Gasteiger partial charge in [-0.25, -0.2) is 4.39 Å². The van der Waals surface area contributed by atoms with Gasteiger partial charge >= 0.3 is 0 Å². The van der Waals surface area contributed by atoms with E-state index in [1.54, 1.807) is 18.2 Å². The first kappa shape index (κ1) is 16.7. The summed E-state index contributed by atoms with van der Waals surface area (Å²) in [7, 11) is 0. The minimum atomic E-state index is -0.346. The summed E-state index contributed by atoms with van der Waals surface area (Å²) in [6.07, 6.45) is 3.12. The van der Waals surface area contributed by atoms with Crippen molar-refractivity contribution in [2.75, 3.05) is 18.0 Å². The molecule has 2 heterocycles. The molecule has 3 aromatic rings. The van der Waals surface area contributed by atoms with E-state index in [0.29, 0.717) is 17.6 Å². The topological polar surface area (TPSA) is 64.2 Å². The van der Waals surface area contributed by atoms with Gasteiger partial charge in [-0.3, -0.25) is 4.79 Å². The average molecular weight is 352 g/mol. The standard InChI is InChI=1S/C20H21FN4O/c21-14-8-10-16(11-9-14)25-20(26)18-7-2-1-6-17(18)19(23-25)24-12-4-3-5-15(22)13-24/h1-2,6-11,15H,3-5,12-13,22H2/t15-/m0/s1. The first-order chi connectivity index (χ1) is 12.6. The lowest BCUT2D eigenvalue weighted by Gasteiger charge is -2.25. The Morgan fingerprint density at radius 2 is 1.77 bits per heavy atom. The number of halogens is 1. The van der Waals surface area contributed by atoms with Crippen LogP contribution in [0.5, 0.6) is 0 Å². The molecule has 0 saturated carbocycles. The van der Waals surface area contributed by atoms with Crippen molar-refractivity contribution in [2.45, 2.75) is 25.3 Å². The Morgan fingerprint density at radius 1 is 1.04 bits per heavy atom. The maximum Gasteiger partial charge on any atom is 0.279 e. The number of hydrogen-bond acceptors (Lipinski definition) is 4. The summed E-state index contributed by atoms with van der Waals surface area (Å²) in [4.78, 5) is 15.1. The van der Waals surface area contributed by atoms with Crippen LogP contribution >= 0.6 is 0 Å². The number of nitrogens with two attached hydrogens (primary N) is 1. The molecule has 0 spiro atoms. The molecule has 1 atom stereocenters. The van der Waals surface area contributed by atoms with Crippen molar-refractivity contribution < 1.29 is 4.39 Å². The van der Waals surface area contributed by atoms with Crippen LogP contribution in [0.3, 0.4) is 0 Å². The molecule has 0 bridgehead atoms. The second-order valence-electron chi connectivity index (χ2n) is 6.76. The van der Waals surface area contributed by atoms with Crippen LogP contribution in [0, 0.1) is 5.82 Å². The number of fused-ring (bicyclic) bond motifs is 1. The highest BCUT2D eigenvalue weighted by Crippen LogP contribution is 2.25. The molecule has 0 radical (unpaired) electrons. The van der Waals surface area contributed by atoms with Gasteiger partial charge in [-0.2, -0.15) is 4.68 Å². The lowest BCUT2D eigenvalue weighted by molar-refractivity contribution is 0.618. The molecule has 26 heavy (non-hydrogen) atoms. The van der Waals surface area contributed by atoms with Gasteiger partial charge in [0.15, 0.2) is 5.82 Å². The van der Waals surface area contributed by atoms with Gasteiger partial charge in [0.05, 0.1) is 11.1 Å². The maximum absolute atomic E-state index is 13.3. The molecular formula is C20H21FN4O. The lowest BCUT2D eigenvalue weighted by Crippen LogP contribution is -2.37. The summed E-state index contributed by atoms with van der Waals surface area (Å²) < 4.78 is 14.6. The zero-order chi connectivity index (χ0) is 18.1. The Hall–Kier alpha value is -2.73. The largest absolute Gasteiger partial charge is 0.353 e. The third kappa shape index (κ3) is 3.08. The molecular weight excluding hydrogens is 331 g/mol. The summed E-state index contributed by atoms with van der Waals surface area (Å²) in [6, 6.07) is 13.4. The zero-order valence-corrected chi connectivity index (χ0v) is 14.4. The Morgan fingerprint density at radius 3 is 2.54 bits per heavy atom. The van der Waals surface area contributed by atoms with E-state index in [9.17, 15) is 9.18 Å². The van der Waals surface area contributed by atoms with Crippen LogP contribution in [0.15, 0.2) is 53.3 Å². The predicted molar refractivity (Wildman–Crippen MR) is 101 cm³/mol. The molecule has 4 rings (SSSR count). The zero-order valence-electron chi connectivity index (χ0n) is 14.4. The normalized spacial score (nSPS) is 18.1. The molecule has 1 aromatic heterocycles. The van der Waals surface area contributed by atoms with Crippen molar-refractivity contribution in [3.63, 3.8) is 0 Å². The highest BCUT2D eigenvalue weighted by atomic mass is 19.1. The predicted octanol–water partition coefficient (Wildman–Crippen LogP) is 2.84. The Bertz CT molecular complexity index is 983. The minimum absolute atomic E-state index is 0.0873. The Labute approximate surface area is 150 Å². The van der Waals surface area contributed by atoms with Gasteiger partial charge in [0.2, 0.25) is 0 Å². The van der Waals surface area contributed by atoms with Crippen LogP contribution in [-0.4, -0.2) is 28.9 Å². The summed E-state index contributed by atoms with van der Waals surface area (Å²) in [5, 5.41) is 6.07. The summed E-state index contributed by atoms with van der Waals surface area (Å²) in [5.41, 5.74) is 6.55. The number of nitrogens with zero attached hydrogens (tertiary/aromatic N) is 3. The van der Waals surface area contributed by atoms with Crippen molar-refractivity contribution in [1.82, 2.24) is 9.78 Å². The fraction of sp³-hybridized carbons (Fsp3) is 0.300. The molecule has 1 aliphatic heterocycles.